The van der Waals surface area contributed by atoms with Crippen molar-refractivity contribution in [1.82, 2.24) is 5.32 Å². The van der Waals surface area contributed by atoms with Crippen molar-refractivity contribution >= 4 is 5.91 Å². The highest BCUT2D eigenvalue weighted by Gasteiger charge is 2.20. The minimum absolute atomic E-state index is 0.0116. The van der Waals surface area contributed by atoms with E-state index in [0.717, 1.165) is 0 Å². The van der Waals surface area contributed by atoms with Crippen LogP contribution < -0.4 is 5.32 Å². The number of methoxy groups -OCH3 is 1. The number of carbonyl (C=O) groups is 1. The van der Waals surface area contributed by atoms with Gasteiger partial charge in [0.25, 0.3) is 0 Å². The molecule has 3 heteroatoms. The summed E-state index contributed by atoms with van der Waals surface area (Å²) in [5.41, 5.74) is 0. The minimum atomic E-state index is -0.0116. The van der Waals surface area contributed by atoms with Crippen molar-refractivity contribution in [3.05, 3.63) is 6.54 Å². The number of hydrogen-bond acceptors (Lipinski definition) is 2. The normalized spacial score (nSPS) is 28.1. The number of ether oxygens (including phenoxy) is 1. The van der Waals surface area contributed by atoms with Crippen LogP contribution in [0.3, 0.4) is 0 Å². The molecule has 1 saturated heterocycles. The molecule has 1 amide bonds. The van der Waals surface area contributed by atoms with Crippen LogP contribution in [0.2, 0.25) is 0 Å². The number of rotatable bonds is 1. The molecule has 3 nitrogen and oxygen atoms in total. The summed E-state index contributed by atoms with van der Waals surface area (Å²) in [5, 5.41) is 2.53. The molecule has 1 rings (SSSR count). The van der Waals surface area contributed by atoms with Gasteiger partial charge in [-0.3, -0.25) is 4.79 Å². The quantitative estimate of drug-likeness (QED) is 0.507. The van der Waals surface area contributed by atoms with E-state index in [1.165, 1.54) is 0 Å². The zero-order valence-electron chi connectivity index (χ0n) is 4.68. The summed E-state index contributed by atoms with van der Waals surface area (Å²) in [5.74, 6) is 0.0388. The van der Waals surface area contributed by atoms with Crippen molar-refractivity contribution in [2.24, 2.45) is 0 Å². The van der Waals surface area contributed by atoms with Crippen LogP contribution in [0.25, 0.3) is 0 Å². The van der Waals surface area contributed by atoms with Crippen LogP contribution >= 0.6 is 0 Å². The highest BCUT2D eigenvalue weighted by atomic mass is 16.5. The highest BCUT2D eigenvalue weighted by Crippen LogP contribution is 2.05. The van der Waals surface area contributed by atoms with Crippen LogP contribution in [-0.2, 0) is 9.53 Å². The Hall–Kier alpha value is -0.570. The number of amides is 1. The Kier molecular flexibility index (Phi) is 1.48. The second-order valence-corrected chi connectivity index (χ2v) is 1.71. The van der Waals surface area contributed by atoms with Gasteiger partial charge >= 0.3 is 0 Å². The van der Waals surface area contributed by atoms with Gasteiger partial charge in [0.2, 0.25) is 5.91 Å². The summed E-state index contributed by atoms with van der Waals surface area (Å²) in [6.45, 7) is 1.66. The average molecular weight is 114 g/mol. The Morgan fingerprint density at radius 1 is 2.00 bits per heavy atom. The second-order valence-electron chi connectivity index (χ2n) is 1.71. The van der Waals surface area contributed by atoms with Gasteiger partial charge in [-0.2, -0.15) is 0 Å². The number of hydrogen-bond donors (Lipinski definition) is 1. The predicted molar refractivity (Wildman–Crippen MR) is 27.9 cm³/mol. The molecule has 0 saturated carbocycles. The van der Waals surface area contributed by atoms with E-state index >= 15 is 0 Å². The van der Waals surface area contributed by atoms with Crippen molar-refractivity contribution in [3.8, 4) is 0 Å². The molecule has 1 heterocycles. The fourth-order valence-corrected chi connectivity index (χ4v) is 0.638. The van der Waals surface area contributed by atoms with Gasteiger partial charge in [0.1, 0.15) is 0 Å². The van der Waals surface area contributed by atoms with Gasteiger partial charge in [0, 0.05) is 7.11 Å². The molecule has 0 aromatic carbocycles. The lowest BCUT2D eigenvalue weighted by Crippen LogP contribution is -2.09. The van der Waals surface area contributed by atoms with E-state index in [-0.39, 0.29) is 12.0 Å². The molecule has 1 unspecified atom stereocenters. The Bertz CT molecular complexity index is 103. The molecule has 0 aliphatic carbocycles. The molecule has 0 aromatic rings. The maximum absolute atomic E-state index is 10.4. The first-order chi connectivity index (χ1) is 3.83. The maximum atomic E-state index is 10.4. The molecule has 1 N–H and O–H groups in total. The first kappa shape index (κ1) is 5.56. The van der Waals surface area contributed by atoms with Crippen LogP contribution in [-0.4, -0.2) is 19.1 Å². The molecular weight excluding hydrogens is 106 g/mol. The first-order valence-electron chi connectivity index (χ1n) is 2.48. The van der Waals surface area contributed by atoms with E-state index < -0.39 is 0 Å². The lowest BCUT2D eigenvalue weighted by atomic mass is 10.3. The highest BCUT2D eigenvalue weighted by molar-refractivity contribution is 5.79. The minimum Gasteiger partial charge on any atom is -0.379 e. The molecule has 1 aliphatic heterocycles. The van der Waals surface area contributed by atoms with Crippen molar-refractivity contribution in [3.63, 3.8) is 0 Å². The van der Waals surface area contributed by atoms with Gasteiger partial charge in [-0.15, -0.1) is 0 Å². The van der Waals surface area contributed by atoms with E-state index in [1.807, 2.05) is 0 Å². The smallest absolute Gasteiger partial charge is 0.223 e. The fourth-order valence-electron chi connectivity index (χ4n) is 0.638. The number of nitrogens with one attached hydrogen (secondary N) is 1. The third-order valence-electron chi connectivity index (χ3n) is 1.12. The third kappa shape index (κ3) is 0.980. The fraction of sp³-hybridized carbons (Fsp3) is 0.600. The Balaban J connectivity index is 2.32. The summed E-state index contributed by atoms with van der Waals surface area (Å²) < 4.78 is 4.84. The lowest BCUT2D eigenvalue weighted by molar-refractivity contribution is -0.119. The van der Waals surface area contributed by atoms with Crippen molar-refractivity contribution in [1.29, 1.82) is 0 Å². The first-order valence-corrected chi connectivity index (χ1v) is 2.48. The second kappa shape index (κ2) is 2.13. The molecule has 45 valence electrons. The summed E-state index contributed by atoms with van der Waals surface area (Å²) in [7, 11) is 1.58. The van der Waals surface area contributed by atoms with E-state index in [1.54, 1.807) is 13.7 Å². The van der Waals surface area contributed by atoms with Crippen LogP contribution in [0.15, 0.2) is 0 Å². The third-order valence-corrected chi connectivity index (χ3v) is 1.12. The lowest BCUT2D eigenvalue weighted by Gasteiger charge is -1.99. The Morgan fingerprint density at radius 2 is 2.75 bits per heavy atom. The van der Waals surface area contributed by atoms with Gasteiger partial charge in [-0.1, -0.05) is 0 Å². The van der Waals surface area contributed by atoms with Crippen molar-refractivity contribution in [2.45, 2.75) is 12.5 Å². The van der Waals surface area contributed by atoms with Gasteiger partial charge in [0.15, 0.2) is 0 Å². The Morgan fingerprint density at radius 3 is 3.00 bits per heavy atom. The zero-order chi connectivity index (χ0) is 5.98. The molecule has 1 fully saturated rings. The monoisotopic (exact) mass is 114 g/mol. The SMILES string of the molecule is COC1[CH]NC(=O)C1. The molecule has 1 aliphatic rings. The van der Waals surface area contributed by atoms with Crippen molar-refractivity contribution < 1.29 is 9.53 Å². The topological polar surface area (TPSA) is 38.3 Å². The standard InChI is InChI=1S/C5H8NO2/c1-8-4-2-5(7)6-3-4/h3-4H,2H2,1H3,(H,6,7). The molecule has 8 heavy (non-hydrogen) atoms. The van der Waals surface area contributed by atoms with Crippen LogP contribution in [0, 0.1) is 6.54 Å². The van der Waals surface area contributed by atoms with Gasteiger partial charge < -0.3 is 10.1 Å². The summed E-state index contributed by atoms with van der Waals surface area (Å²) in [6, 6.07) is 0. The van der Waals surface area contributed by atoms with E-state index in [0.29, 0.717) is 6.42 Å². The van der Waals surface area contributed by atoms with Crippen LogP contribution in [0.1, 0.15) is 6.42 Å². The van der Waals surface area contributed by atoms with Crippen molar-refractivity contribution in [2.75, 3.05) is 7.11 Å². The summed E-state index contributed by atoms with van der Waals surface area (Å²) >= 11 is 0. The zero-order valence-corrected chi connectivity index (χ0v) is 4.68. The van der Waals surface area contributed by atoms with Crippen LogP contribution in [0.4, 0.5) is 0 Å². The summed E-state index contributed by atoms with van der Waals surface area (Å²) in [4.78, 5) is 10.4. The van der Waals surface area contributed by atoms with E-state index in [9.17, 15) is 4.79 Å². The van der Waals surface area contributed by atoms with Gasteiger partial charge in [-0.25, -0.2) is 0 Å². The molecular formula is C5H8NO2. The maximum Gasteiger partial charge on any atom is 0.223 e. The molecule has 0 aromatic heterocycles. The largest absolute Gasteiger partial charge is 0.379 e. The van der Waals surface area contributed by atoms with E-state index in [4.69, 9.17) is 4.74 Å². The molecule has 1 radical (unpaired) electrons. The predicted octanol–water partition coefficient (Wildman–Crippen LogP) is -0.317. The molecule has 1 atom stereocenters. The Labute approximate surface area is 48.0 Å². The van der Waals surface area contributed by atoms with Crippen LogP contribution in [0.5, 0.6) is 0 Å². The average Bonchev–Trinajstić information content (AvgIpc) is 2.14. The molecule has 0 spiro atoms. The van der Waals surface area contributed by atoms with Gasteiger partial charge in [0.05, 0.1) is 19.1 Å². The van der Waals surface area contributed by atoms with Gasteiger partial charge in [-0.05, 0) is 0 Å². The molecule has 0 bridgehead atoms. The van der Waals surface area contributed by atoms with E-state index in [2.05, 4.69) is 5.32 Å². The summed E-state index contributed by atoms with van der Waals surface area (Å²) in [6.07, 6.45) is 0.457. The number of carbonyl (C=O) groups excluding carboxylic acids is 1.